The Hall–Kier alpha value is -2.86. The van der Waals surface area contributed by atoms with Crippen molar-refractivity contribution in [3.63, 3.8) is 0 Å². The van der Waals surface area contributed by atoms with Crippen LogP contribution in [0.2, 0.25) is 0 Å². The van der Waals surface area contributed by atoms with E-state index in [-0.39, 0.29) is 0 Å². The largest absolute Gasteiger partial charge is 0.0651 e. The molecule has 0 atom stereocenters. The number of aryl methyl sites for hydroxylation is 6. The van der Waals surface area contributed by atoms with Crippen molar-refractivity contribution in [1.29, 1.82) is 0 Å². The molecule has 0 amide bonds. The van der Waals surface area contributed by atoms with Crippen LogP contribution in [0.4, 0.5) is 0 Å². The van der Waals surface area contributed by atoms with Crippen LogP contribution in [0.15, 0.2) is 24.3 Å². The smallest absolute Gasteiger partial charge is 0.0136 e. The average molecular weight is 699 g/mol. The maximum atomic E-state index is 2.74. The fourth-order valence-corrected chi connectivity index (χ4v) is 10.3. The Bertz CT molecular complexity index is 1700. The minimum atomic E-state index is 1.14. The molecule has 0 aliphatic rings. The van der Waals surface area contributed by atoms with Crippen LogP contribution >= 0.6 is 0 Å². The van der Waals surface area contributed by atoms with Crippen molar-refractivity contribution in [1.82, 2.24) is 0 Å². The zero-order valence-corrected chi connectivity index (χ0v) is 35.5. The highest BCUT2D eigenvalue weighted by Crippen LogP contribution is 2.44. The second kappa shape index (κ2) is 18.9. The van der Waals surface area contributed by atoms with Gasteiger partial charge < -0.3 is 0 Å². The molecule has 0 unspecified atom stereocenters. The molecule has 0 heterocycles. The molecular weight excluding hydrogens is 625 g/mol. The van der Waals surface area contributed by atoms with Crippen LogP contribution in [0.3, 0.4) is 0 Å². The lowest BCUT2D eigenvalue weighted by molar-refractivity contribution is 0.810. The van der Waals surface area contributed by atoms with Crippen molar-refractivity contribution in [2.45, 2.75) is 198 Å². The summed E-state index contributed by atoms with van der Waals surface area (Å²) in [6, 6.07) is 10.9. The van der Waals surface area contributed by atoms with E-state index in [2.05, 4.69) is 93.5 Å². The van der Waals surface area contributed by atoms with Crippen molar-refractivity contribution < 1.29 is 0 Å². The average Bonchev–Trinajstić information content (AvgIpc) is 3.14. The van der Waals surface area contributed by atoms with Crippen LogP contribution in [-0.2, 0) is 64.2 Å². The van der Waals surface area contributed by atoms with Crippen molar-refractivity contribution in [3.8, 4) is 0 Å². The topological polar surface area (TPSA) is 0 Å². The van der Waals surface area contributed by atoms with Gasteiger partial charge in [0.15, 0.2) is 0 Å². The summed E-state index contributed by atoms with van der Waals surface area (Å²) in [4.78, 5) is 0. The number of rotatable bonds is 20. The Labute approximate surface area is 319 Å². The van der Waals surface area contributed by atoms with Gasteiger partial charge in [0.2, 0.25) is 0 Å². The van der Waals surface area contributed by atoms with E-state index in [0.29, 0.717) is 0 Å². The number of hydrogen-bond acceptors (Lipinski definition) is 0. The molecule has 0 aromatic heterocycles. The minimum Gasteiger partial charge on any atom is -0.0651 e. The Morgan fingerprint density at radius 2 is 0.327 bits per heavy atom. The van der Waals surface area contributed by atoms with E-state index >= 15 is 0 Å². The zero-order valence-electron chi connectivity index (χ0n) is 35.5. The van der Waals surface area contributed by atoms with Crippen LogP contribution in [0.25, 0.3) is 43.1 Å². The first-order valence-corrected chi connectivity index (χ1v) is 22.4. The van der Waals surface area contributed by atoms with E-state index < -0.39 is 0 Å². The summed E-state index contributed by atoms with van der Waals surface area (Å²) in [7, 11) is 0. The van der Waals surface area contributed by atoms with Gasteiger partial charge in [-0.1, -0.05) is 133 Å². The summed E-state index contributed by atoms with van der Waals surface area (Å²) in [5, 5.41) is 12.5. The molecular formula is C52H74. The molecule has 0 nitrogen and oxygen atoms in total. The van der Waals surface area contributed by atoms with Gasteiger partial charge >= 0.3 is 0 Å². The maximum absolute atomic E-state index is 2.74. The number of benzene rings is 5. The lowest BCUT2D eigenvalue weighted by atomic mass is 9.78. The number of hydrogen-bond donors (Lipinski definition) is 0. The van der Waals surface area contributed by atoms with Gasteiger partial charge in [-0.05, 0) is 187 Å². The van der Waals surface area contributed by atoms with Gasteiger partial charge in [-0.15, -0.1) is 0 Å². The molecule has 0 aliphatic carbocycles. The highest BCUT2D eigenvalue weighted by atomic mass is 14.3. The summed E-state index contributed by atoms with van der Waals surface area (Å²) in [5.41, 5.74) is 16.7. The van der Waals surface area contributed by atoms with Crippen molar-refractivity contribution in [3.05, 3.63) is 79.9 Å². The summed E-state index contributed by atoms with van der Waals surface area (Å²) in [6.07, 6.45) is 23.9. The zero-order chi connectivity index (χ0) is 37.4. The summed E-state index contributed by atoms with van der Waals surface area (Å²) >= 11 is 0. The molecule has 0 spiro atoms. The summed E-state index contributed by atoms with van der Waals surface area (Å²) in [5.74, 6) is 0. The molecule has 52 heavy (non-hydrogen) atoms. The van der Waals surface area contributed by atoms with E-state index in [1.54, 1.807) is 98.7 Å². The second-order valence-corrected chi connectivity index (χ2v) is 16.2. The van der Waals surface area contributed by atoms with Crippen LogP contribution < -0.4 is 0 Å². The highest BCUT2D eigenvalue weighted by molar-refractivity contribution is 6.15. The molecule has 0 radical (unpaired) electrons. The summed E-state index contributed by atoms with van der Waals surface area (Å²) < 4.78 is 0. The molecule has 5 aromatic carbocycles. The number of fused-ring (bicyclic) bond motifs is 4. The van der Waals surface area contributed by atoms with E-state index in [9.17, 15) is 0 Å². The molecule has 0 heteroatoms. The van der Waals surface area contributed by atoms with Crippen molar-refractivity contribution in [2.75, 3.05) is 0 Å². The van der Waals surface area contributed by atoms with Crippen LogP contribution in [-0.4, -0.2) is 0 Å². The maximum Gasteiger partial charge on any atom is -0.0136 e. The van der Waals surface area contributed by atoms with Gasteiger partial charge in [0, 0.05) is 0 Å². The molecule has 0 fully saturated rings. The van der Waals surface area contributed by atoms with E-state index in [0.717, 1.165) is 12.8 Å². The second-order valence-electron chi connectivity index (χ2n) is 16.2. The first kappa shape index (κ1) is 40.3. The molecule has 282 valence electrons. The van der Waals surface area contributed by atoms with Gasteiger partial charge in [-0.2, -0.15) is 0 Å². The SMILES string of the molecule is CCCc1c(CCC)c(CCC)c2cc3c(CCC)c4cc5c(CCC)c(CCC)c(CCC)c(CCC)c5cc4c(CCC)c3cc2c1CCC. The van der Waals surface area contributed by atoms with Gasteiger partial charge in [0.1, 0.15) is 0 Å². The molecule has 0 saturated heterocycles. The third-order valence-corrected chi connectivity index (χ3v) is 12.1. The van der Waals surface area contributed by atoms with Gasteiger partial charge in [-0.3, -0.25) is 0 Å². The van der Waals surface area contributed by atoms with Crippen LogP contribution in [0.1, 0.15) is 189 Å². The third kappa shape index (κ3) is 7.57. The van der Waals surface area contributed by atoms with Crippen molar-refractivity contribution in [2.24, 2.45) is 0 Å². The van der Waals surface area contributed by atoms with Gasteiger partial charge in [-0.25, -0.2) is 0 Å². The first-order valence-electron chi connectivity index (χ1n) is 22.4. The van der Waals surface area contributed by atoms with Crippen LogP contribution in [0, 0.1) is 0 Å². The van der Waals surface area contributed by atoms with E-state index in [1.807, 2.05) is 0 Å². The molecule has 0 N–H and O–H groups in total. The predicted molar refractivity (Wildman–Crippen MR) is 236 cm³/mol. The predicted octanol–water partition coefficient (Wildman–Crippen LogP) is 15.8. The molecule has 5 aromatic rings. The first-order chi connectivity index (χ1) is 25.4. The van der Waals surface area contributed by atoms with Gasteiger partial charge in [0.25, 0.3) is 0 Å². The fraction of sp³-hybridized carbons (Fsp3) is 0.577. The third-order valence-electron chi connectivity index (χ3n) is 12.1. The molecule has 0 saturated carbocycles. The van der Waals surface area contributed by atoms with Crippen molar-refractivity contribution >= 4 is 43.1 Å². The fourth-order valence-electron chi connectivity index (χ4n) is 10.3. The lowest BCUT2D eigenvalue weighted by Crippen LogP contribution is -2.09. The molecule has 0 aliphatic heterocycles. The van der Waals surface area contributed by atoms with Gasteiger partial charge in [0.05, 0.1) is 0 Å². The Balaban J connectivity index is 2.09. The Morgan fingerprint density at radius 3 is 0.500 bits per heavy atom. The quantitative estimate of drug-likeness (QED) is 0.0710. The van der Waals surface area contributed by atoms with Crippen LogP contribution in [0.5, 0.6) is 0 Å². The van der Waals surface area contributed by atoms with E-state index in [4.69, 9.17) is 0 Å². The molecule has 5 rings (SSSR count). The normalized spacial score (nSPS) is 12.0. The molecule has 0 bridgehead atoms. The monoisotopic (exact) mass is 699 g/mol. The minimum absolute atomic E-state index is 1.14. The Morgan fingerprint density at radius 1 is 0.192 bits per heavy atom. The van der Waals surface area contributed by atoms with E-state index in [1.165, 1.54) is 116 Å². The highest BCUT2D eigenvalue weighted by Gasteiger charge is 2.24. The Kier molecular flexibility index (Phi) is 14.7. The summed E-state index contributed by atoms with van der Waals surface area (Å²) in [6.45, 7) is 23.9. The standard InChI is InChI=1S/C52H74/c1-11-21-35-36(22-12-2)40(26-16-6)46-32-50-44(30-20-10)52-34-48-42(28-18-8)38(24-14-4)37(23-13-3)41(27-17-7)47(48)33-51(52)43(29-19-9)49(50)31-45(46)39(35)25-15-5/h31-34H,11-30H2,1-10H3. The lowest BCUT2D eigenvalue weighted by Gasteiger charge is -2.26.